The zero-order valence-electron chi connectivity index (χ0n) is 24.8. The van der Waals surface area contributed by atoms with Crippen LogP contribution in [0, 0.1) is 0 Å². The molecule has 0 aromatic heterocycles. The average molecular weight is 714 g/mol. The summed E-state index contributed by atoms with van der Waals surface area (Å²) in [6, 6.07) is 6.49. The summed E-state index contributed by atoms with van der Waals surface area (Å²) in [5.74, 6) is -1.24. The summed E-state index contributed by atoms with van der Waals surface area (Å²) in [6.07, 6.45) is 8.22. The summed E-state index contributed by atoms with van der Waals surface area (Å²) in [5.41, 5.74) is 2.71. The van der Waals surface area contributed by atoms with E-state index in [4.69, 9.17) is 4.74 Å². The fourth-order valence-corrected chi connectivity index (χ4v) is 4.18. The molecule has 0 fully saturated rings. The molecule has 0 saturated heterocycles. The molecule has 1 aliphatic rings. The first kappa shape index (κ1) is 41.1. The van der Waals surface area contributed by atoms with Gasteiger partial charge in [-0.15, -0.1) is 12.2 Å². The van der Waals surface area contributed by atoms with E-state index in [9.17, 15) is 24.0 Å². The van der Waals surface area contributed by atoms with Gasteiger partial charge in [0.15, 0.2) is 5.78 Å². The van der Waals surface area contributed by atoms with E-state index in [1.165, 1.54) is 0 Å². The van der Waals surface area contributed by atoms with Gasteiger partial charge in [0, 0.05) is 64.3 Å². The van der Waals surface area contributed by atoms with Crippen LogP contribution in [0.25, 0.3) is 10.6 Å². The molecule has 41 heavy (non-hydrogen) atoms. The number of hydrogen-bond acceptors (Lipinski definition) is 7. The molecule has 0 aliphatic heterocycles. The van der Waals surface area contributed by atoms with Crippen molar-refractivity contribution in [1.82, 2.24) is 10.6 Å². The molecule has 3 amide bonds. The van der Waals surface area contributed by atoms with Gasteiger partial charge in [-0.2, -0.15) is 0 Å². The summed E-state index contributed by atoms with van der Waals surface area (Å²) < 4.78 is 5.39. The van der Waals surface area contributed by atoms with Crippen LogP contribution in [0.15, 0.2) is 35.5 Å². The number of ether oxygens (including phenoxy) is 1. The minimum Gasteiger partial charge on any atom is -0.651 e. The standard InChI is InChI=1S/C29H42N4O6.2Rb.H2/c1-30-25-10-5-4-9-24(25)29(38)22-12-14-23(15-13-22)33-28(37)21-27(36)32-17-20-39-19-8-11-26(35)31-16-6-2-3-7-18-34;;;/h12-15,18H,2-11,16-17,19-21H2,1H3,(H4,30,31,32,33,35,36,37,38);;;1H/q;2*+1;/p-2. The number of aldehydes is 1. The number of nitrogens with zero attached hydrogens (tertiary/aromatic N) is 2. The van der Waals surface area contributed by atoms with Gasteiger partial charge in [-0.3, -0.25) is 9.59 Å². The minimum absolute atomic E-state index is 0. The van der Waals surface area contributed by atoms with Crippen molar-refractivity contribution in [2.24, 2.45) is 0 Å². The first-order valence-corrected chi connectivity index (χ1v) is 13.7. The Hall–Kier alpha value is 0.0804. The van der Waals surface area contributed by atoms with E-state index in [1.807, 2.05) is 7.05 Å². The van der Waals surface area contributed by atoms with E-state index in [-0.39, 0.29) is 143 Å². The van der Waals surface area contributed by atoms with Crippen molar-refractivity contribution >= 4 is 35.5 Å². The Morgan fingerprint density at radius 2 is 1.68 bits per heavy atom. The quantitative estimate of drug-likeness (QED) is 0.0782. The van der Waals surface area contributed by atoms with Crippen LogP contribution in [0.1, 0.15) is 82.4 Å². The number of Topliss-reactive ketones (excluding diaryl/α,β-unsaturated/α-hetero) is 1. The van der Waals surface area contributed by atoms with E-state index in [0.29, 0.717) is 43.7 Å². The molecule has 0 unspecified atom stereocenters. The summed E-state index contributed by atoms with van der Waals surface area (Å²) in [5, 5.41) is 13.7. The van der Waals surface area contributed by atoms with Crippen LogP contribution >= 0.6 is 0 Å². The third-order valence-corrected chi connectivity index (χ3v) is 6.27. The monoisotopic (exact) mass is 712 g/mol. The molecule has 12 heteroatoms. The van der Waals surface area contributed by atoms with Gasteiger partial charge in [0.1, 0.15) is 6.29 Å². The number of amides is 3. The van der Waals surface area contributed by atoms with Gasteiger partial charge in [-0.25, -0.2) is 0 Å². The molecule has 0 atom stereocenters. The predicted octanol–water partition coefficient (Wildman–Crippen LogP) is -1.33. The molecule has 216 valence electrons. The van der Waals surface area contributed by atoms with Gasteiger partial charge < -0.3 is 40.4 Å². The van der Waals surface area contributed by atoms with Crippen LogP contribution in [0.3, 0.4) is 0 Å². The molecule has 0 heterocycles. The van der Waals surface area contributed by atoms with E-state index in [1.54, 1.807) is 24.3 Å². The molecule has 2 N–H and O–H groups in total. The van der Waals surface area contributed by atoms with Crippen molar-refractivity contribution in [3.05, 3.63) is 51.7 Å². The number of ketones is 1. The third-order valence-electron chi connectivity index (χ3n) is 6.27. The molecule has 1 aromatic rings. The van der Waals surface area contributed by atoms with Crippen LogP contribution in [0.2, 0.25) is 0 Å². The Morgan fingerprint density at radius 3 is 2.39 bits per heavy atom. The smallest absolute Gasteiger partial charge is 0.651 e. The average Bonchev–Trinajstić information content (AvgIpc) is 2.94. The number of carbonyl (C=O) groups is 5. The van der Waals surface area contributed by atoms with Crippen LogP contribution in [-0.2, 0) is 23.9 Å². The molecule has 1 aromatic carbocycles. The number of allylic oxidation sites excluding steroid dienone is 2. The van der Waals surface area contributed by atoms with Gasteiger partial charge in [-0.05, 0) is 44.9 Å². The van der Waals surface area contributed by atoms with Crippen LogP contribution in [-0.4, -0.2) is 63.1 Å². The van der Waals surface area contributed by atoms with Crippen molar-refractivity contribution in [2.75, 3.05) is 33.4 Å². The van der Waals surface area contributed by atoms with Crippen molar-refractivity contribution in [1.29, 1.82) is 0 Å². The first-order valence-electron chi connectivity index (χ1n) is 13.7. The normalized spacial score (nSPS) is 12.3. The largest absolute Gasteiger partial charge is 1.00 e. The number of carbonyl (C=O) groups excluding carboxylic acids is 5. The number of rotatable bonds is 19. The maximum absolute atomic E-state index is 12.8. The van der Waals surface area contributed by atoms with Crippen molar-refractivity contribution in [2.45, 2.75) is 70.6 Å². The second-order valence-corrected chi connectivity index (χ2v) is 9.33. The summed E-state index contributed by atoms with van der Waals surface area (Å²) >= 11 is 0. The summed E-state index contributed by atoms with van der Waals surface area (Å²) in [7, 11) is 1.83. The summed E-state index contributed by atoms with van der Waals surface area (Å²) in [6.45, 7) is 1.32. The van der Waals surface area contributed by atoms with E-state index in [0.717, 1.165) is 62.5 Å². The van der Waals surface area contributed by atoms with Crippen molar-refractivity contribution in [3.63, 3.8) is 0 Å². The van der Waals surface area contributed by atoms with Gasteiger partial charge in [0.2, 0.25) is 5.91 Å². The zero-order chi connectivity index (χ0) is 28.3. The Morgan fingerprint density at radius 1 is 0.951 bits per heavy atom. The molecule has 10 nitrogen and oxygen atoms in total. The molecular weight excluding hydrogens is 671 g/mol. The fraction of sp³-hybridized carbons (Fsp3) is 0.552. The van der Waals surface area contributed by atoms with Gasteiger partial charge >= 0.3 is 116 Å². The van der Waals surface area contributed by atoms with E-state index >= 15 is 0 Å². The molecule has 0 spiro atoms. The molecule has 0 bridgehead atoms. The second kappa shape index (κ2) is 25.4. The molecular formula is C29H42N4O6Rb2. The number of benzene rings is 1. The molecule has 0 radical (unpaired) electrons. The summed E-state index contributed by atoms with van der Waals surface area (Å²) in [4.78, 5) is 58.9. The van der Waals surface area contributed by atoms with Crippen LogP contribution in [0.5, 0.6) is 0 Å². The molecule has 1 aliphatic carbocycles. The van der Waals surface area contributed by atoms with E-state index in [2.05, 4.69) is 21.3 Å². The Bertz CT molecular complexity index is 1010. The minimum atomic E-state index is -0.606. The van der Waals surface area contributed by atoms with Crippen molar-refractivity contribution < 1.29 is 147 Å². The fourth-order valence-electron chi connectivity index (χ4n) is 4.18. The maximum atomic E-state index is 12.8. The topological polar surface area (TPSA) is 147 Å². The zero-order valence-corrected chi connectivity index (χ0v) is 34.7. The Balaban J connectivity index is 0. The van der Waals surface area contributed by atoms with Gasteiger partial charge in [0.05, 0.1) is 11.8 Å². The molecule has 0 saturated carbocycles. The van der Waals surface area contributed by atoms with Crippen LogP contribution < -0.4 is 127 Å². The van der Waals surface area contributed by atoms with Gasteiger partial charge in [0.25, 0.3) is 0 Å². The van der Waals surface area contributed by atoms with Gasteiger partial charge in [-0.1, -0.05) is 30.7 Å². The second-order valence-electron chi connectivity index (χ2n) is 9.33. The predicted molar refractivity (Wildman–Crippen MR) is 151 cm³/mol. The Labute approximate surface area is 342 Å². The van der Waals surface area contributed by atoms with Crippen LogP contribution in [0.4, 0.5) is 5.69 Å². The first-order chi connectivity index (χ1) is 18.9. The third kappa shape index (κ3) is 17.8. The SMILES string of the molecule is CNC1=C(C(=O)c2ccc([N-]C(=O)CC(=O)[N-]CCOCCCC(=O)NCCCCCC=O)cc2)CCCC1.[HH].[Rb+].[Rb+]. The number of hydrogen-bond donors (Lipinski definition) is 2. The van der Waals surface area contributed by atoms with Crippen molar-refractivity contribution in [3.8, 4) is 0 Å². The number of unbranched alkanes of at least 4 members (excludes halogenated alkanes) is 3. The maximum Gasteiger partial charge on any atom is 1.00 e. The number of nitrogens with one attached hydrogen (secondary N) is 2. The van der Waals surface area contributed by atoms with E-state index < -0.39 is 18.2 Å². The molecule has 2 rings (SSSR count). The Kier molecular flexibility index (Phi) is 25.5.